The van der Waals surface area contributed by atoms with Crippen LogP contribution in [0.1, 0.15) is 26.3 Å². The minimum absolute atomic E-state index is 0.0509. The zero-order chi connectivity index (χ0) is 18.4. The number of nitrogens with one attached hydrogen (secondary N) is 2. The first-order valence-electron chi connectivity index (χ1n) is 7.91. The molecule has 0 heterocycles. The van der Waals surface area contributed by atoms with E-state index in [-0.39, 0.29) is 11.3 Å². The molecule has 2 amide bonds. The Kier molecular flexibility index (Phi) is 5.60. The molecule has 0 saturated carbocycles. The first-order valence-corrected chi connectivity index (χ1v) is 7.91. The summed E-state index contributed by atoms with van der Waals surface area (Å²) < 4.78 is 5.24. The lowest BCUT2D eigenvalue weighted by atomic mass is 9.87. The van der Waals surface area contributed by atoms with Gasteiger partial charge in [-0.2, -0.15) is 0 Å². The molecule has 0 aliphatic heterocycles. The summed E-state index contributed by atoms with van der Waals surface area (Å²) in [7, 11) is 0. The lowest BCUT2D eigenvalue weighted by molar-refractivity contribution is -0.111. The number of hydrogen-bond acceptors (Lipinski definition) is 3. The van der Waals surface area contributed by atoms with E-state index in [9.17, 15) is 9.59 Å². The van der Waals surface area contributed by atoms with E-state index < -0.39 is 6.09 Å². The predicted octanol–water partition coefficient (Wildman–Crippen LogP) is 4.72. The van der Waals surface area contributed by atoms with Crippen molar-refractivity contribution in [2.45, 2.75) is 26.2 Å². The summed E-state index contributed by atoms with van der Waals surface area (Å²) in [6.07, 6.45) is 0.567. The minimum atomic E-state index is -0.601. The van der Waals surface area contributed by atoms with Crippen molar-refractivity contribution in [2.24, 2.45) is 0 Å². The van der Waals surface area contributed by atoms with E-state index in [0.717, 1.165) is 0 Å². The van der Waals surface area contributed by atoms with Gasteiger partial charge >= 0.3 is 6.09 Å². The zero-order valence-corrected chi connectivity index (χ0v) is 14.6. The molecule has 2 aromatic rings. The lowest BCUT2D eigenvalue weighted by Crippen LogP contribution is -2.17. The highest BCUT2D eigenvalue weighted by atomic mass is 16.6. The number of carbonyl (C=O) groups excluding carboxylic acids is 2. The average molecular weight is 338 g/mol. The molecule has 2 aromatic carbocycles. The van der Waals surface area contributed by atoms with Crippen LogP contribution in [0.25, 0.3) is 0 Å². The van der Waals surface area contributed by atoms with E-state index in [1.165, 1.54) is 11.6 Å². The molecule has 0 aromatic heterocycles. The van der Waals surface area contributed by atoms with Gasteiger partial charge in [-0.25, -0.2) is 4.79 Å². The molecule has 5 nitrogen and oxygen atoms in total. The normalized spacial score (nSPS) is 10.7. The third-order valence-corrected chi connectivity index (χ3v) is 3.49. The van der Waals surface area contributed by atoms with Crippen LogP contribution in [-0.2, 0) is 10.2 Å². The number of rotatable bonds is 4. The number of anilines is 2. The summed E-state index contributed by atoms with van der Waals surface area (Å²) in [6, 6.07) is 14.2. The Bertz CT molecular complexity index is 774. The average Bonchev–Trinajstić information content (AvgIpc) is 2.54. The largest absolute Gasteiger partial charge is 0.417 e. The molecule has 25 heavy (non-hydrogen) atoms. The van der Waals surface area contributed by atoms with Crippen molar-refractivity contribution in [3.8, 4) is 5.75 Å². The second-order valence-electron chi connectivity index (χ2n) is 6.56. The van der Waals surface area contributed by atoms with Gasteiger partial charge in [-0.3, -0.25) is 10.1 Å². The van der Waals surface area contributed by atoms with Gasteiger partial charge in [0, 0.05) is 17.4 Å². The van der Waals surface area contributed by atoms with Crippen molar-refractivity contribution in [1.82, 2.24) is 0 Å². The van der Waals surface area contributed by atoms with Crippen LogP contribution >= 0.6 is 0 Å². The summed E-state index contributed by atoms with van der Waals surface area (Å²) in [5, 5.41) is 5.28. The summed E-state index contributed by atoms with van der Waals surface area (Å²) in [6.45, 7) is 9.77. The molecule has 5 heteroatoms. The molecule has 0 unspecified atom stereocenters. The van der Waals surface area contributed by atoms with Crippen LogP contribution in [0.5, 0.6) is 5.75 Å². The van der Waals surface area contributed by atoms with Gasteiger partial charge in [0.15, 0.2) is 0 Å². The quantitative estimate of drug-likeness (QED) is 0.793. The van der Waals surface area contributed by atoms with Gasteiger partial charge in [-0.15, -0.1) is 0 Å². The van der Waals surface area contributed by atoms with E-state index >= 15 is 0 Å². The molecule has 0 atom stereocenters. The molecule has 2 N–H and O–H groups in total. The molecule has 0 saturated heterocycles. The molecular weight excluding hydrogens is 316 g/mol. The number of ether oxygens (including phenoxy) is 1. The maximum Gasteiger partial charge on any atom is 0.417 e. The number of benzene rings is 2. The number of carbonyl (C=O) groups is 2. The van der Waals surface area contributed by atoms with Crippen LogP contribution in [0.15, 0.2) is 61.2 Å². The van der Waals surface area contributed by atoms with Crippen molar-refractivity contribution in [1.29, 1.82) is 0 Å². The van der Waals surface area contributed by atoms with E-state index in [4.69, 9.17) is 4.74 Å². The molecule has 130 valence electrons. The molecule has 0 aliphatic carbocycles. The van der Waals surface area contributed by atoms with E-state index in [1.54, 1.807) is 24.3 Å². The predicted molar refractivity (Wildman–Crippen MR) is 100 cm³/mol. The van der Waals surface area contributed by atoms with Gasteiger partial charge in [-0.05, 0) is 41.3 Å². The fourth-order valence-corrected chi connectivity index (χ4v) is 2.13. The van der Waals surface area contributed by atoms with Crippen LogP contribution in [0.2, 0.25) is 0 Å². The van der Waals surface area contributed by atoms with Crippen molar-refractivity contribution < 1.29 is 14.3 Å². The molecule has 0 fully saturated rings. The van der Waals surface area contributed by atoms with Gasteiger partial charge in [-0.1, -0.05) is 45.5 Å². The summed E-state index contributed by atoms with van der Waals surface area (Å²) in [5.41, 5.74) is 2.39. The fourth-order valence-electron chi connectivity index (χ4n) is 2.13. The first kappa shape index (κ1) is 18.3. The molecule has 0 radical (unpaired) electrons. The third-order valence-electron chi connectivity index (χ3n) is 3.49. The Labute approximate surface area is 147 Å². The second kappa shape index (κ2) is 7.66. The maximum absolute atomic E-state index is 12.0. The van der Waals surface area contributed by atoms with E-state index in [0.29, 0.717) is 17.1 Å². The van der Waals surface area contributed by atoms with Gasteiger partial charge in [0.1, 0.15) is 5.75 Å². The minimum Gasteiger partial charge on any atom is -0.410 e. The van der Waals surface area contributed by atoms with Crippen LogP contribution in [0, 0.1) is 0 Å². The SMILES string of the molecule is C=CC(=O)Nc1cccc(OC(=O)Nc2ccc(C(C)(C)C)cc2)c1. The third kappa shape index (κ3) is 5.49. The van der Waals surface area contributed by atoms with Gasteiger partial charge in [0.25, 0.3) is 0 Å². The van der Waals surface area contributed by atoms with Gasteiger partial charge < -0.3 is 10.1 Å². The Morgan fingerprint density at radius 3 is 2.28 bits per heavy atom. The topological polar surface area (TPSA) is 67.4 Å². The number of amides is 2. The summed E-state index contributed by atoms with van der Waals surface area (Å²) >= 11 is 0. The maximum atomic E-state index is 12.0. The van der Waals surface area contributed by atoms with Crippen LogP contribution in [-0.4, -0.2) is 12.0 Å². The standard InChI is InChI=1S/C20H22N2O3/c1-5-18(23)21-16-7-6-8-17(13-16)25-19(24)22-15-11-9-14(10-12-15)20(2,3)4/h5-13H,1H2,2-4H3,(H,21,23)(H,22,24). The first-order chi connectivity index (χ1) is 11.8. The Morgan fingerprint density at radius 2 is 1.68 bits per heavy atom. The Morgan fingerprint density at radius 1 is 1.00 bits per heavy atom. The Hall–Kier alpha value is -3.08. The zero-order valence-electron chi connectivity index (χ0n) is 14.6. The highest BCUT2D eigenvalue weighted by molar-refractivity contribution is 5.99. The van der Waals surface area contributed by atoms with E-state index in [1.807, 2.05) is 24.3 Å². The summed E-state index contributed by atoms with van der Waals surface area (Å²) in [4.78, 5) is 23.3. The van der Waals surface area contributed by atoms with Crippen LogP contribution in [0.3, 0.4) is 0 Å². The van der Waals surface area contributed by atoms with Gasteiger partial charge in [0.2, 0.25) is 5.91 Å². The lowest BCUT2D eigenvalue weighted by Gasteiger charge is -2.19. The second-order valence-corrected chi connectivity index (χ2v) is 6.56. The van der Waals surface area contributed by atoms with Crippen molar-refractivity contribution in [3.63, 3.8) is 0 Å². The number of hydrogen-bond donors (Lipinski definition) is 2. The molecule has 0 spiro atoms. The van der Waals surface area contributed by atoms with Crippen LogP contribution < -0.4 is 15.4 Å². The highest BCUT2D eigenvalue weighted by Crippen LogP contribution is 2.24. The monoisotopic (exact) mass is 338 g/mol. The van der Waals surface area contributed by atoms with Crippen molar-refractivity contribution >= 4 is 23.4 Å². The Balaban J connectivity index is 1.99. The van der Waals surface area contributed by atoms with E-state index in [2.05, 4.69) is 38.0 Å². The molecule has 0 aliphatic rings. The smallest absolute Gasteiger partial charge is 0.410 e. The molecule has 0 bridgehead atoms. The molecule has 2 rings (SSSR count). The van der Waals surface area contributed by atoms with Gasteiger partial charge in [0.05, 0.1) is 0 Å². The fraction of sp³-hybridized carbons (Fsp3) is 0.200. The highest BCUT2D eigenvalue weighted by Gasteiger charge is 2.13. The van der Waals surface area contributed by atoms with Crippen molar-refractivity contribution in [2.75, 3.05) is 10.6 Å². The van der Waals surface area contributed by atoms with Crippen molar-refractivity contribution in [3.05, 3.63) is 66.7 Å². The molecular formula is C20H22N2O3. The van der Waals surface area contributed by atoms with Crippen LogP contribution in [0.4, 0.5) is 16.2 Å². The summed E-state index contributed by atoms with van der Waals surface area (Å²) in [5.74, 6) is -0.00814.